The number of rotatable bonds is 2. The molecule has 1 atom stereocenters. The van der Waals surface area contributed by atoms with Crippen molar-refractivity contribution in [3.05, 3.63) is 16.1 Å². The van der Waals surface area contributed by atoms with E-state index in [1.54, 1.807) is 6.07 Å². The van der Waals surface area contributed by atoms with E-state index in [4.69, 9.17) is 38.8 Å². The molecular weight excluding hydrogens is 265 g/mol. The highest BCUT2D eigenvalue weighted by molar-refractivity contribution is 6.37. The predicted octanol–water partition coefficient (Wildman–Crippen LogP) is 1.17. The molecule has 2 rings (SSSR count). The van der Waals surface area contributed by atoms with Crippen molar-refractivity contribution in [3.8, 4) is 0 Å². The third kappa shape index (κ3) is 2.74. The molecule has 1 aliphatic heterocycles. The number of hydrogen-bond acceptors (Lipinski definition) is 5. The van der Waals surface area contributed by atoms with Crippen molar-refractivity contribution in [2.75, 3.05) is 36.9 Å². The Balaban J connectivity index is 2.24. The second kappa shape index (κ2) is 5.27. The molecule has 3 N–H and O–H groups in total. The first-order valence-electron chi connectivity index (χ1n) is 5.20. The van der Waals surface area contributed by atoms with Gasteiger partial charge in [-0.1, -0.05) is 23.2 Å². The Kier molecular flexibility index (Phi) is 3.93. The maximum atomic E-state index is 9.07. The quantitative estimate of drug-likeness (QED) is 0.849. The molecule has 1 unspecified atom stereocenters. The van der Waals surface area contributed by atoms with Gasteiger partial charge in [0.15, 0.2) is 0 Å². The maximum Gasteiger partial charge on any atom is 0.150 e. The number of aliphatic hydroxyl groups is 1. The molecule has 2 heterocycles. The van der Waals surface area contributed by atoms with Gasteiger partial charge in [0.25, 0.3) is 0 Å². The van der Waals surface area contributed by atoms with E-state index in [1.165, 1.54) is 0 Å². The van der Waals surface area contributed by atoms with Crippen LogP contribution in [0.2, 0.25) is 10.0 Å². The minimum atomic E-state index is -0.224. The summed E-state index contributed by atoms with van der Waals surface area (Å²) in [6.07, 6.45) is -0.224. The van der Waals surface area contributed by atoms with Crippen LogP contribution in [-0.4, -0.2) is 42.5 Å². The minimum absolute atomic E-state index is 0.0306. The Hall–Kier alpha value is -0.750. The molecule has 0 amide bonds. The van der Waals surface area contributed by atoms with Gasteiger partial charge in [-0.2, -0.15) is 0 Å². The van der Waals surface area contributed by atoms with Crippen molar-refractivity contribution in [2.45, 2.75) is 6.10 Å². The first-order chi connectivity index (χ1) is 8.11. The average Bonchev–Trinajstić information content (AvgIpc) is 2.34. The van der Waals surface area contributed by atoms with Gasteiger partial charge in [0.05, 0.1) is 29.4 Å². The fourth-order valence-corrected chi connectivity index (χ4v) is 2.19. The second-order valence-corrected chi connectivity index (χ2v) is 4.60. The third-order valence-electron chi connectivity index (χ3n) is 2.58. The van der Waals surface area contributed by atoms with Gasteiger partial charge in [-0.3, -0.25) is 0 Å². The Morgan fingerprint density at radius 1 is 1.53 bits per heavy atom. The summed E-state index contributed by atoms with van der Waals surface area (Å²) in [4.78, 5) is 6.10. The Morgan fingerprint density at radius 2 is 2.29 bits per heavy atom. The van der Waals surface area contributed by atoms with Gasteiger partial charge < -0.3 is 20.5 Å². The number of halogens is 2. The molecule has 1 saturated heterocycles. The number of hydrogen-bond donors (Lipinski definition) is 2. The van der Waals surface area contributed by atoms with Crippen LogP contribution in [0.15, 0.2) is 6.07 Å². The summed E-state index contributed by atoms with van der Waals surface area (Å²) in [5.74, 6) is 0.827. The molecule has 1 aromatic rings. The van der Waals surface area contributed by atoms with Crippen molar-refractivity contribution >= 4 is 34.8 Å². The van der Waals surface area contributed by atoms with E-state index in [0.29, 0.717) is 35.6 Å². The molecule has 7 heteroatoms. The van der Waals surface area contributed by atoms with Gasteiger partial charge in [0.2, 0.25) is 0 Å². The molecule has 5 nitrogen and oxygen atoms in total. The van der Waals surface area contributed by atoms with Gasteiger partial charge in [-0.25, -0.2) is 4.98 Å². The number of aliphatic hydroxyl groups excluding tert-OH is 1. The number of nitrogen functional groups attached to an aromatic ring is 1. The van der Waals surface area contributed by atoms with Crippen molar-refractivity contribution in [2.24, 2.45) is 0 Å². The van der Waals surface area contributed by atoms with Crippen molar-refractivity contribution in [1.82, 2.24) is 4.98 Å². The summed E-state index contributed by atoms with van der Waals surface area (Å²) in [7, 11) is 0. The van der Waals surface area contributed by atoms with E-state index in [9.17, 15) is 0 Å². The van der Waals surface area contributed by atoms with Crippen molar-refractivity contribution < 1.29 is 9.84 Å². The molecular formula is C10H13Cl2N3O2. The molecule has 0 spiro atoms. The van der Waals surface area contributed by atoms with E-state index in [-0.39, 0.29) is 18.5 Å². The highest BCUT2D eigenvalue weighted by Gasteiger charge is 2.23. The summed E-state index contributed by atoms with van der Waals surface area (Å²) in [5.41, 5.74) is 5.65. The molecule has 1 fully saturated rings. The topological polar surface area (TPSA) is 71.6 Å². The van der Waals surface area contributed by atoms with Crippen LogP contribution in [0.4, 0.5) is 11.6 Å². The fraction of sp³-hybridized carbons (Fsp3) is 0.500. The van der Waals surface area contributed by atoms with E-state index in [2.05, 4.69) is 4.98 Å². The Bertz CT molecular complexity index is 417. The number of morpholine rings is 1. The van der Waals surface area contributed by atoms with Crippen LogP contribution in [0.3, 0.4) is 0 Å². The molecule has 0 bridgehead atoms. The Morgan fingerprint density at radius 3 is 3.00 bits per heavy atom. The lowest BCUT2D eigenvalue weighted by Crippen LogP contribution is -2.44. The largest absolute Gasteiger partial charge is 0.394 e. The predicted molar refractivity (Wildman–Crippen MR) is 67.7 cm³/mol. The number of aromatic nitrogens is 1. The molecule has 0 aliphatic carbocycles. The highest BCUT2D eigenvalue weighted by Crippen LogP contribution is 2.30. The summed E-state index contributed by atoms with van der Waals surface area (Å²) in [6, 6.07) is 1.57. The molecule has 1 aliphatic rings. The van der Waals surface area contributed by atoms with Gasteiger partial charge >= 0.3 is 0 Å². The zero-order valence-corrected chi connectivity index (χ0v) is 10.6. The summed E-state index contributed by atoms with van der Waals surface area (Å²) in [6.45, 7) is 1.68. The first kappa shape index (κ1) is 12.7. The zero-order chi connectivity index (χ0) is 12.4. The number of ether oxygens (including phenoxy) is 1. The van der Waals surface area contributed by atoms with Gasteiger partial charge in [-0.15, -0.1) is 0 Å². The van der Waals surface area contributed by atoms with Crippen LogP contribution >= 0.6 is 23.2 Å². The standard InChI is InChI=1S/C10H13Cl2N3O2/c11-7-3-8(12)10(14-9(7)13)15-1-2-17-6(4-15)5-16/h3,6,16H,1-2,4-5H2,(H2,13,14). The van der Waals surface area contributed by atoms with Crippen LogP contribution in [0.5, 0.6) is 0 Å². The zero-order valence-electron chi connectivity index (χ0n) is 9.07. The second-order valence-electron chi connectivity index (χ2n) is 3.78. The van der Waals surface area contributed by atoms with Crippen LogP contribution in [0.1, 0.15) is 0 Å². The normalized spacial score (nSPS) is 20.6. The number of nitrogens with two attached hydrogens (primary N) is 1. The smallest absolute Gasteiger partial charge is 0.150 e. The highest BCUT2D eigenvalue weighted by atomic mass is 35.5. The number of pyridine rings is 1. The summed E-state index contributed by atoms with van der Waals surface area (Å²) >= 11 is 11.9. The van der Waals surface area contributed by atoms with Crippen LogP contribution in [-0.2, 0) is 4.74 Å². The lowest BCUT2D eigenvalue weighted by molar-refractivity contribution is 0.00337. The molecule has 17 heavy (non-hydrogen) atoms. The van der Waals surface area contributed by atoms with Gasteiger partial charge in [0.1, 0.15) is 11.6 Å². The molecule has 94 valence electrons. The van der Waals surface area contributed by atoms with Crippen LogP contribution in [0.25, 0.3) is 0 Å². The van der Waals surface area contributed by atoms with Gasteiger partial charge in [-0.05, 0) is 6.07 Å². The minimum Gasteiger partial charge on any atom is -0.394 e. The van der Waals surface area contributed by atoms with E-state index < -0.39 is 0 Å². The fourth-order valence-electron chi connectivity index (χ4n) is 1.71. The summed E-state index contributed by atoms with van der Waals surface area (Å²) < 4.78 is 5.35. The molecule has 0 saturated carbocycles. The van der Waals surface area contributed by atoms with Crippen LogP contribution < -0.4 is 10.6 Å². The first-order valence-corrected chi connectivity index (χ1v) is 5.96. The van der Waals surface area contributed by atoms with E-state index in [1.807, 2.05) is 4.90 Å². The Labute approximate surface area is 109 Å². The van der Waals surface area contributed by atoms with Crippen molar-refractivity contribution in [1.29, 1.82) is 0 Å². The number of nitrogens with zero attached hydrogens (tertiary/aromatic N) is 2. The number of anilines is 2. The van der Waals surface area contributed by atoms with Gasteiger partial charge in [0, 0.05) is 13.1 Å². The molecule has 0 radical (unpaired) electrons. The van der Waals surface area contributed by atoms with E-state index in [0.717, 1.165) is 0 Å². The van der Waals surface area contributed by atoms with Crippen molar-refractivity contribution in [3.63, 3.8) is 0 Å². The molecule has 0 aromatic carbocycles. The van der Waals surface area contributed by atoms with E-state index >= 15 is 0 Å². The third-order valence-corrected chi connectivity index (χ3v) is 3.16. The maximum absolute atomic E-state index is 9.07. The molecule has 1 aromatic heterocycles. The summed E-state index contributed by atoms with van der Waals surface area (Å²) in [5, 5.41) is 9.86. The monoisotopic (exact) mass is 277 g/mol. The lowest BCUT2D eigenvalue weighted by atomic mass is 10.2. The van der Waals surface area contributed by atoms with Crippen LogP contribution in [0, 0.1) is 0 Å². The SMILES string of the molecule is Nc1nc(N2CCOC(CO)C2)c(Cl)cc1Cl. The lowest BCUT2D eigenvalue weighted by Gasteiger charge is -2.33. The average molecular weight is 278 g/mol.